The van der Waals surface area contributed by atoms with Crippen LogP contribution in [0.2, 0.25) is 0 Å². The summed E-state index contributed by atoms with van der Waals surface area (Å²) in [6.45, 7) is 5.67. The quantitative estimate of drug-likeness (QED) is 0.883. The van der Waals surface area contributed by atoms with Crippen LogP contribution in [0.1, 0.15) is 37.4 Å². The highest BCUT2D eigenvalue weighted by molar-refractivity contribution is 5.30. The van der Waals surface area contributed by atoms with Crippen LogP contribution >= 0.6 is 0 Å². The molecule has 0 aliphatic rings. The molecule has 0 bridgehead atoms. The third-order valence-corrected chi connectivity index (χ3v) is 4.26. The first-order valence-corrected chi connectivity index (χ1v) is 6.58. The van der Waals surface area contributed by atoms with E-state index >= 15 is 0 Å². The van der Waals surface area contributed by atoms with Crippen LogP contribution in [-0.2, 0) is 0 Å². The van der Waals surface area contributed by atoms with E-state index in [9.17, 15) is 8.78 Å². The minimum Gasteiger partial charge on any atom is -0.311 e. The van der Waals surface area contributed by atoms with Gasteiger partial charge in [-0.3, -0.25) is 0 Å². The van der Waals surface area contributed by atoms with E-state index in [1.807, 2.05) is 32.8 Å². The van der Waals surface area contributed by atoms with E-state index in [2.05, 4.69) is 5.32 Å². The summed E-state index contributed by atoms with van der Waals surface area (Å²) in [7, 11) is 5.69. The fourth-order valence-electron chi connectivity index (χ4n) is 2.46. The summed E-state index contributed by atoms with van der Waals surface area (Å²) < 4.78 is 28.0. The van der Waals surface area contributed by atoms with Crippen molar-refractivity contribution in [3.8, 4) is 0 Å². The second-order valence-electron chi connectivity index (χ2n) is 5.43. The molecule has 1 aromatic carbocycles. The number of hydrogen-bond acceptors (Lipinski definition) is 2. The van der Waals surface area contributed by atoms with E-state index in [-0.39, 0.29) is 11.6 Å². The first-order valence-electron chi connectivity index (χ1n) is 6.58. The van der Waals surface area contributed by atoms with E-state index in [1.165, 1.54) is 0 Å². The molecule has 0 radical (unpaired) electrons. The summed E-state index contributed by atoms with van der Waals surface area (Å²) in [5.74, 6) is -1.50. The SMILES string of the molecule is CCC(C)(C(NC)c1ccc(C)c(F)c1F)N(C)C. The molecule has 1 aromatic rings. The number of likely N-dealkylation sites (N-methyl/N-ethyl adjacent to an activating group) is 2. The van der Waals surface area contributed by atoms with Gasteiger partial charge >= 0.3 is 0 Å². The Morgan fingerprint density at radius 3 is 2.26 bits per heavy atom. The van der Waals surface area contributed by atoms with Crippen LogP contribution in [0.4, 0.5) is 8.78 Å². The van der Waals surface area contributed by atoms with Crippen molar-refractivity contribution in [2.45, 2.75) is 38.8 Å². The Kier molecular flexibility index (Phi) is 5.04. The molecule has 1 rings (SSSR count). The predicted octanol–water partition coefficient (Wildman–Crippen LogP) is 3.26. The third-order valence-electron chi connectivity index (χ3n) is 4.26. The molecule has 0 saturated heterocycles. The van der Waals surface area contributed by atoms with E-state index in [4.69, 9.17) is 0 Å². The molecule has 2 nitrogen and oxygen atoms in total. The molecule has 0 aromatic heterocycles. The maximum Gasteiger partial charge on any atom is 0.163 e. The Bertz CT molecular complexity index is 446. The van der Waals surface area contributed by atoms with E-state index in [0.717, 1.165) is 6.42 Å². The molecule has 0 heterocycles. The molecule has 108 valence electrons. The van der Waals surface area contributed by atoms with Crippen LogP contribution < -0.4 is 5.32 Å². The number of nitrogens with one attached hydrogen (secondary N) is 1. The monoisotopic (exact) mass is 270 g/mol. The van der Waals surface area contributed by atoms with Gasteiger partial charge in [-0.05, 0) is 47.0 Å². The van der Waals surface area contributed by atoms with E-state index < -0.39 is 11.6 Å². The lowest BCUT2D eigenvalue weighted by atomic mass is 9.83. The minimum absolute atomic E-state index is 0.275. The van der Waals surface area contributed by atoms with Crippen LogP contribution in [0, 0.1) is 18.6 Å². The Labute approximate surface area is 114 Å². The summed E-state index contributed by atoms with van der Waals surface area (Å²) in [4.78, 5) is 2.05. The zero-order valence-electron chi connectivity index (χ0n) is 12.6. The van der Waals surface area contributed by atoms with Crippen LogP contribution in [0.3, 0.4) is 0 Å². The molecule has 0 aliphatic carbocycles. The molecule has 0 fully saturated rings. The smallest absolute Gasteiger partial charge is 0.163 e. The average Bonchev–Trinajstić information content (AvgIpc) is 2.38. The minimum atomic E-state index is -0.755. The van der Waals surface area contributed by atoms with Crippen molar-refractivity contribution in [3.05, 3.63) is 34.9 Å². The van der Waals surface area contributed by atoms with Gasteiger partial charge in [-0.2, -0.15) is 0 Å². The summed E-state index contributed by atoms with van der Waals surface area (Å²) in [5.41, 5.74) is 0.417. The van der Waals surface area contributed by atoms with E-state index in [0.29, 0.717) is 11.1 Å². The Morgan fingerprint density at radius 2 is 1.84 bits per heavy atom. The van der Waals surface area contributed by atoms with Crippen molar-refractivity contribution < 1.29 is 8.78 Å². The second-order valence-corrected chi connectivity index (χ2v) is 5.43. The largest absolute Gasteiger partial charge is 0.311 e. The molecular formula is C15H24F2N2. The van der Waals surface area contributed by atoms with Gasteiger partial charge in [0.1, 0.15) is 0 Å². The lowest BCUT2D eigenvalue weighted by Gasteiger charge is -2.43. The number of aryl methyl sites for hydroxylation is 1. The van der Waals surface area contributed by atoms with Crippen molar-refractivity contribution in [2.24, 2.45) is 0 Å². The van der Waals surface area contributed by atoms with Gasteiger partial charge in [0.05, 0.1) is 6.04 Å². The van der Waals surface area contributed by atoms with E-state index in [1.54, 1.807) is 26.1 Å². The number of hydrogen-bond donors (Lipinski definition) is 1. The van der Waals surface area contributed by atoms with Gasteiger partial charge in [0.25, 0.3) is 0 Å². The molecule has 0 amide bonds. The highest BCUT2D eigenvalue weighted by Crippen LogP contribution is 2.34. The molecule has 0 spiro atoms. The van der Waals surface area contributed by atoms with Crippen molar-refractivity contribution in [3.63, 3.8) is 0 Å². The summed E-state index contributed by atoms with van der Waals surface area (Å²) in [6.07, 6.45) is 0.820. The number of benzene rings is 1. The number of nitrogens with zero attached hydrogens (tertiary/aromatic N) is 1. The van der Waals surface area contributed by atoms with Crippen molar-refractivity contribution in [2.75, 3.05) is 21.1 Å². The van der Waals surface area contributed by atoms with Crippen molar-refractivity contribution >= 4 is 0 Å². The summed E-state index contributed by atoms with van der Waals surface area (Å²) in [6, 6.07) is 3.03. The lowest BCUT2D eigenvalue weighted by molar-refractivity contribution is 0.114. The van der Waals surface area contributed by atoms with Gasteiger partial charge in [0.15, 0.2) is 11.6 Å². The third kappa shape index (κ3) is 2.79. The Balaban J connectivity index is 3.36. The second kappa shape index (κ2) is 5.97. The fraction of sp³-hybridized carbons (Fsp3) is 0.600. The molecule has 1 N–H and O–H groups in total. The van der Waals surface area contributed by atoms with Crippen LogP contribution in [-0.4, -0.2) is 31.6 Å². The number of halogens is 2. The topological polar surface area (TPSA) is 15.3 Å². The maximum atomic E-state index is 14.2. The highest BCUT2D eigenvalue weighted by Gasteiger charge is 2.36. The van der Waals surface area contributed by atoms with Gasteiger partial charge in [-0.1, -0.05) is 19.1 Å². The van der Waals surface area contributed by atoms with Crippen LogP contribution in [0.15, 0.2) is 12.1 Å². The maximum absolute atomic E-state index is 14.2. The first-order chi connectivity index (χ1) is 8.79. The zero-order valence-corrected chi connectivity index (χ0v) is 12.6. The Hall–Kier alpha value is -1.00. The molecule has 2 unspecified atom stereocenters. The molecule has 0 aliphatic heterocycles. The van der Waals surface area contributed by atoms with Crippen molar-refractivity contribution in [1.29, 1.82) is 0 Å². The Morgan fingerprint density at radius 1 is 1.26 bits per heavy atom. The highest BCUT2D eigenvalue weighted by atomic mass is 19.2. The average molecular weight is 270 g/mol. The van der Waals surface area contributed by atoms with Gasteiger partial charge < -0.3 is 10.2 Å². The zero-order chi connectivity index (χ0) is 14.8. The normalized spacial score (nSPS) is 16.5. The molecule has 2 atom stereocenters. The van der Waals surface area contributed by atoms with Crippen LogP contribution in [0.25, 0.3) is 0 Å². The van der Waals surface area contributed by atoms with Gasteiger partial charge in [0.2, 0.25) is 0 Å². The fourth-order valence-corrected chi connectivity index (χ4v) is 2.46. The predicted molar refractivity (Wildman–Crippen MR) is 75.3 cm³/mol. The van der Waals surface area contributed by atoms with Gasteiger partial charge in [-0.25, -0.2) is 8.78 Å². The van der Waals surface area contributed by atoms with Crippen molar-refractivity contribution in [1.82, 2.24) is 10.2 Å². The first kappa shape index (κ1) is 16.1. The molecule has 19 heavy (non-hydrogen) atoms. The lowest BCUT2D eigenvalue weighted by Crippen LogP contribution is -2.50. The van der Waals surface area contributed by atoms with Gasteiger partial charge in [0, 0.05) is 11.1 Å². The molecular weight excluding hydrogens is 246 g/mol. The summed E-state index contributed by atoms with van der Waals surface area (Å²) in [5, 5.41) is 3.13. The van der Waals surface area contributed by atoms with Crippen LogP contribution in [0.5, 0.6) is 0 Å². The standard InChI is InChI=1S/C15H24F2N2/c1-7-15(3,19(5)6)14(18-4)11-9-8-10(2)12(16)13(11)17/h8-9,14,18H,7H2,1-6H3. The summed E-state index contributed by atoms with van der Waals surface area (Å²) >= 11 is 0. The number of rotatable bonds is 5. The van der Waals surface area contributed by atoms with Gasteiger partial charge in [-0.15, -0.1) is 0 Å². The molecule has 4 heteroatoms. The molecule has 0 saturated carbocycles.